The Morgan fingerprint density at radius 2 is 1.52 bits per heavy atom. The van der Waals surface area contributed by atoms with Gasteiger partial charge in [-0.1, -0.05) is 47.5 Å². The van der Waals surface area contributed by atoms with E-state index in [-0.39, 0.29) is 5.91 Å². The molecule has 0 unspecified atom stereocenters. The molecule has 2 heterocycles. The molecule has 0 atom stereocenters. The summed E-state index contributed by atoms with van der Waals surface area (Å²) in [5.41, 5.74) is 5.00. The summed E-state index contributed by atoms with van der Waals surface area (Å²) in [6.45, 7) is 0. The van der Waals surface area contributed by atoms with Gasteiger partial charge in [0.05, 0.1) is 20.5 Å². The van der Waals surface area contributed by atoms with E-state index in [2.05, 4.69) is 22.6 Å². The van der Waals surface area contributed by atoms with Gasteiger partial charge in [0, 0.05) is 41.5 Å². The predicted molar refractivity (Wildman–Crippen MR) is 127 cm³/mol. The maximum atomic E-state index is 12.6. The van der Waals surface area contributed by atoms with Crippen molar-refractivity contribution >= 4 is 57.3 Å². The largest absolute Gasteiger partial charge is 0.345 e. The van der Waals surface area contributed by atoms with Gasteiger partial charge in [-0.15, -0.1) is 0 Å². The number of benzene rings is 2. The van der Waals surface area contributed by atoms with Crippen molar-refractivity contribution in [2.24, 2.45) is 0 Å². The van der Waals surface area contributed by atoms with Crippen molar-refractivity contribution in [3.05, 3.63) is 80.0 Å². The zero-order valence-electron chi connectivity index (χ0n) is 15.7. The minimum atomic E-state index is -0.0615. The fourth-order valence-corrected chi connectivity index (χ4v) is 4.14. The third-order valence-corrected chi connectivity index (χ3v) is 5.86. The maximum absolute atomic E-state index is 12.6. The summed E-state index contributed by atoms with van der Waals surface area (Å²) in [6.07, 6.45) is 1.84. The molecule has 7 heteroatoms. The van der Waals surface area contributed by atoms with Crippen molar-refractivity contribution in [3.8, 4) is 22.5 Å². The minimum Gasteiger partial charge on any atom is -0.345 e. The number of hydrogen-bond acceptors (Lipinski definition) is 2. The zero-order chi connectivity index (χ0) is 20.7. The van der Waals surface area contributed by atoms with Crippen molar-refractivity contribution in [3.63, 3.8) is 0 Å². The maximum Gasteiger partial charge on any atom is 0.254 e. The molecule has 0 aliphatic heterocycles. The Morgan fingerprint density at radius 1 is 0.966 bits per heavy atom. The third kappa shape index (κ3) is 3.86. The summed E-state index contributed by atoms with van der Waals surface area (Å²) in [4.78, 5) is 19.1. The van der Waals surface area contributed by atoms with Crippen molar-refractivity contribution in [2.45, 2.75) is 0 Å². The molecule has 0 aliphatic carbocycles. The fourth-order valence-electron chi connectivity index (χ4n) is 3.17. The lowest BCUT2D eigenvalue weighted by molar-refractivity contribution is 0.0827. The van der Waals surface area contributed by atoms with E-state index < -0.39 is 0 Å². The molecule has 0 spiro atoms. The lowest BCUT2D eigenvalue weighted by atomic mass is 10.0. The quantitative estimate of drug-likeness (QED) is 0.289. The van der Waals surface area contributed by atoms with Crippen LogP contribution >= 0.6 is 45.8 Å². The first kappa shape index (κ1) is 20.2. The van der Waals surface area contributed by atoms with Gasteiger partial charge in [0.25, 0.3) is 5.91 Å². The highest BCUT2D eigenvalue weighted by Crippen LogP contribution is 2.35. The van der Waals surface area contributed by atoms with Crippen molar-refractivity contribution in [2.75, 3.05) is 14.1 Å². The Hall–Kier alpha value is -2.09. The van der Waals surface area contributed by atoms with E-state index in [9.17, 15) is 4.79 Å². The molecular weight excluding hydrogens is 520 g/mol. The molecule has 29 heavy (non-hydrogen) atoms. The normalized spacial score (nSPS) is 11.1. The van der Waals surface area contributed by atoms with E-state index in [1.165, 1.54) is 0 Å². The third-order valence-electron chi connectivity index (χ3n) is 4.56. The predicted octanol–water partition coefficient (Wildman–Crippen LogP) is 6.28. The van der Waals surface area contributed by atoms with Gasteiger partial charge in [-0.25, -0.2) is 4.98 Å². The summed E-state index contributed by atoms with van der Waals surface area (Å²) < 4.78 is 2.87. The first-order valence-corrected chi connectivity index (χ1v) is 10.6. The smallest absolute Gasteiger partial charge is 0.254 e. The number of rotatable bonds is 3. The summed E-state index contributed by atoms with van der Waals surface area (Å²) in [5.74, 6) is -0.0615. The van der Waals surface area contributed by atoms with Crippen LogP contribution in [-0.2, 0) is 0 Å². The SMILES string of the molecule is CN(C)C(=O)c1cc(I)c2nc(-c3ccc(Cl)cc3)c(-c3ccc(Cl)cc3)n2c1. The number of imidazole rings is 1. The summed E-state index contributed by atoms with van der Waals surface area (Å²) in [6, 6.07) is 17.1. The molecule has 146 valence electrons. The zero-order valence-corrected chi connectivity index (χ0v) is 19.3. The number of pyridine rings is 1. The van der Waals surface area contributed by atoms with Crippen molar-refractivity contribution in [1.82, 2.24) is 14.3 Å². The number of fused-ring (bicyclic) bond motifs is 1. The fraction of sp³-hybridized carbons (Fsp3) is 0.0909. The van der Waals surface area contributed by atoms with E-state index in [0.717, 1.165) is 31.7 Å². The molecular formula is C22H16Cl2IN3O. The van der Waals surface area contributed by atoms with Crippen LogP contribution in [0.2, 0.25) is 10.0 Å². The molecule has 0 fully saturated rings. The molecule has 4 nitrogen and oxygen atoms in total. The van der Waals surface area contributed by atoms with Crippen LogP contribution in [0.4, 0.5) is 0 Å². The first-order chi connectivity index (χ1) is 13.8. The van der Waals surface area contributed by atoms with Crippen LogP contribution in [0.3, 0.4) is 0 Å². The number of carbonyl (C=O) groups is 1. The van der Waals surface area contributed by atoms with Crippen LogP contribution < -0.4 is 0 Å². The Labute approximate surface area is 192 Å². The number of amides is 1. The number of halogens is 3. The average Bonchev–Trinajstić information content (AvgIpc) is 3.08. The van der Waals surface area contributed by atoms with E-state index >= 15 is 0 Å². The Balaban J connectivity index is 2.05. The number of carbonyl (C=O) groups excluding carboxylic acids is 1. The van der Waals surface area contributed by atoms with E-state index in [1.807, 2.05) is 65.2 Å². The Morgan fingerprint density at radius 3 is 2.07 bits per heavy atom. The van der Waals surface area contributed by atoms with Crippen LogP contribution in [0.5, 0.6) is 0 Å². The van der Waals surface area contributed by atoms with Gasteiger partial charge in [-0.2, -0.15) is 0 Å². The second-order valence-electron chi connectivity index (χ2n) is 6.79. The number of nitrogens with zero attached hydrogens (tertiary/aromatic N) is 3. The Bertz CT molecular complexity index is 1220. The molecule has 4 rings (SSSR count). The standard InChI is InChI=1S/C22H16Cl2IN3O/c1-27(2)22(29)15-11-18(25)21-26-19(13-3-7-16(23)8-4-13)20(28(21)12-15)14-5-9-17(24)10-6-14/h3-12H,1-2H3. The van der Waals surface area contributed by atoms with Gasteiger partial charge in [0.15, 0.2) is 5.65 Å². The van der Waals surface area contributed by atoms with E-state index in [4.69, 9.17) is 28.2 Å². The molecule has 2 aromatic carbocycles. The van der Waals surface area contributed by atoms with Crippen molar-refractivity contribution in [1.29, 1.82) is 0 Å². The second-order valence-corrected chi connectivity index (χ2v) is 8.83. The van der Waals surface area contributed by atoms with Crippen LogP contribution in [0, 0.1) is 3.57 Å². The van der Waals surface area contributed by atoms with Crippen LogP contribution in [0.15, 0.2) is 60.8 Å². The molecule has 0 bridgehead atoms. The highest BCUT2D eigenvalue weighted by molar-refractivity contribution is 14.1. The highest BCUT2D eigenvalue weighted by atomic mass is 127. The number of aromatic nitrogens is 2. The molecule has 1 amide bonds. The van der Waals surface area contributed by atoms with Crippen LogP contribution in [0.25, 0.3) is 28.2 Å². The number of hydrogen-bond donors (Lipinski definition) is 0. The van der Waals surface area contributed by atoms with Crippen LogP contribution in [0.1, 0.15) is 10.4 Å². The lowest BCUT2D eigenvalue weighted by Crippen LogP contribution is -2.22. The molecule has 0 aliphatic rings. The molecule has 0 saturated carbocycles. The summed E-state index contributed by atoms with van der Waals surface area (Å²) >= 11 is 14.4. The lowest BCUT2D eigenvalue weighted by Gasteiger charge is -2.12. The molecule has 0 N–H and O–H groups in total. The van der Waals surface area contributed by atoms with Crippen molar-refractivity contribution < 1.29 is 4.79 Å². The highest BCUT2D eigenvalue weighted by Gasteiger charge is 2.20. The molecule has 4 aromatic rings. The molecule has 2 aromatic heterocycles. The monoisotopic (exact) mass is 535 g/mol. The minimum absolute atomic E-state index is 0.0615. The second kappa shape index (κ2) is 7.97. The van der Waals surface area contributed by atoms with Gasteiger partial charge in [-0.3, -0.25) is 9.20 Å². The van der Waals surface area contributed by atoms with Gasteiger partial charge in [0.2, 0.25) is 0 Å². The topological polar surface area (TPSA) is 37.6 Å². The summed E-state index contributed by atoms with van der Waals surface area (Å²) in [5, 5.41) is 1.33. The van der Waals surface area contributed by atoms with Gasteiger partial charge in [-0.05, 0) is 52.9 Å². The molecule has 0 radical (unpaired) electrons. The Kier molecular flexibility index (Phi) is 5.55. The first-order valence-electron chi connectivity index (χ1n) is 8.80. The van der Waals surface area contributed by atoms with E-state index in [1.54, 1.807) is 19.0 Å². The van der Waals surface area contributed by atoms with Crippen LogP contribution in [-0.4, -0.2) is 34.3 Å². The van der Waals surface area contributed by atoms with Gasteiger partial charge in [0.1, 0.15) is 0 Å². The molecule has 0 saturated heterocycles. The van der Waals surface area contributed by atoms with E-state index in [0.29, 0.717) is 15.6 Å². The summed E-state index contributed by atoms with van der Waals surface area (Å²) in [7, 11) is 3.49. The van der Waals surface area contributed by atoms with Gasteiger partial charge >= 0.3 is 0 Å². The van der Waals surface area contributed by atoms with Gasteiger partial charge < -0.3 is 4.90 Å². The average molecular weight is 536 g/mol.